The molecule has 0 fully saturated rings. The van der Waals surface area contributed by atoms with E-state index in [1.54, 1.807) is 6.92 Å². The summed E-state index contributed by atoms with van der Waals surface area (Å²) < 4.78 is 0. The van der Waals surface area contributed by atoms with Gasteiger partial charge in [-0.2, -0.15) is 0 Å². The van der Waals surface area contributed by atoms with Gasteiger partial charge in [0.2, 0.25) is 5.91 Å². The highest BCUT2D eigenvalue weighted by Gasteiger charge is 2.13. The van der Waals surface area contributed by atoms with Crippen LogP contribution in [0, 0.1) is 5.92 Å². The van der Waals surface area contributed by atoms with Crippen molar-refractivity contribution in [3.63, 3.8) is 0 Å². The summed E-state index contributed by atoms with van der Waals surface area (Å²) in [4.78, 5) is 21.7. The number of nitrogens with one attached hydrogen (secondary N) is 1. The first-order chi connectivity index (χ1) is 7.59. The van der Waals surface area contributed by atoms with Gasteiger partial charge in [-0.15, -0.1) is 0 Å². The van der Waals surface area contributed by atoms with Crippen molar-refractivity contribution in [2.45, 2.75) is 13.3 Å². The number of rotatable bonds is 5. The molecule has 16 heavy (non-hydrogen) atoms. The highest BCUT2D eigenvalue weighted by Crippen LogP contribution is 2.07. The van der Waals surface area contributed by atoms with Crippen LogP contribution in [0.2, 0.25) is 0 Å². The largest absolute Gasteiger partial charge is 0.480 e. The Kier molecular flexibility index (Phi) is 4.51. The second-order valence-corrected chi connectivity index (χ2v) is 3.70. The van der Waals surface area contributed by atoms with Crippen molar-refractivity contribution in [3.05, 3.63) is 35.9 Å². The molecule has 0 spiro atoms. The topological polar surface area (TPSA) is 66.4 Å². The molecule has 1 atom stereocenters. The normalized spacial score (nSPS) is 11.8. The van der Waals surface area contributed by atoms with Crippen LogP contribution in [0.15, 0.2) is 30.3 Å². The third-order valence-corrected chi connectivity index (χ3v) is 2.25. The Balaban J connectivity index is 2.43. The lowest BCUT2D eigenvalue weighted by Gasteiger charge is -2.10. The fourth-order valence-electron chi connectivity index (χ4n) is 1.40. The summed E-state index contributed by atoms with van der Waals surface area (Å²) in [6, 6.07) is 9.63. The maximum Gasteiger partial charge on any atom is 0.322 e. The number of carbonyl (C=O) groups excluding carboxylic acids is 1. The van der Waals surface area contributed by atoms with E-state index in [4.69, 9.17) is 5.11 Å². The molecule has 0 aliphatic rings. The van der Waals surface area contributed by atoms with Gasteiger partial charge in [0.15, 0.2) is 0 Å². The molecule has 2 N–H and O–H groups in total. The Morgan fingerprint density at radius 2 is 1.94 bits per heavy atom. The first-order valence-corrected chi connectivity index (χ1v) is 5.13. The Labute approximate surface area is 94.3 Å². The molecule has 4 nitrogen and oxygen atoms in total. The molecule has 0 aliphatic carbocycles. The van der Waals surface area contributed by atoms with Crippen molar-refractivity contribution in [1.29, 1.82) is 0 Å². The van der Waals surface area contributed by atoms with Crippen LogP contribution < -0.4 is 5.32 Å². The molecule has 4 heteroatoms. The quantitative estimate of drug-likeness (QED) is 0.781. The van der Waals surface area contributed by atoms with Gasteiger partial charge >= 0.3 is 5.97 Å². The van der Waals surface area contributed by atoms with E-state index >= 15 is 0 Å². The number of carbonyl (C=O) groups is 2. The summed E-state index contributed by atoms with van der Waals surface area (Å²) in [5, 5.41) is 10.8. The molecule has 0 bridgehead atoms. The van der Waals surface area contributed by atoms with Crippen molar-refractivity contribution < 1.29 is 14.7 Å². The monoisotopic (exact) mass is 221 g/mol. The smallest absolute Gasteiger partial charge is 0.322 e. The van der Waals surface area contributed by atoms with E-state index in [1.165, 1.54) is 0 Å². The second kappa shape index (κ2) is 5.90. The van der Waals surface area contributed by atoms with E-state index < -0.39 is 5.97 Å². The first kappa shape index (κ1) is 12.2. The number of hydrogen-bond donors (Lipinski definition) is 2. The lowest BCUT2D eigenvalue weighted by molar-refractivity contribution is -0.138. The van der Waals surface area contributed by atoms with Crippen molar-refractivity contribution >= 4 is 11.9 Å². The summed E-state index contributed by atoms with van der Waals surface area (Å²) in [6.45, 7) is 1.46. The Bertz CT molecular complexity index is 362. The third kappa shape index (κ3) is 4.13. The van der Waals surface area contributed by atoms with Crippen LogP contribution in [0.4, 0.5) is 0 Å². The number of carboxylic acids is 1. The lowest BCUT2D eigenvalue weighted by atomic mass is 10.0. The van der Waals surface area contributed by atoms with Gasteiger partial charge in [0.25, 0.3) is 0 Å². The number of benzene rings is 1. The first-order valence-electron chi connectivity index (χ1n) is 5.13. The van der Waals surface area contributed by atoms with Gasteiger partial charge in [-0.05, 0) is 12.0 Å². The standard InChI is InChI=1S/C12H15NO3/c1-9(12(16)13-8-11(14)15)7-10-5-3-2-4-6-10/h2-6,9H,7-8H2,1H3,(H,13,16)(H,14,15)/t9-/m0/s1. The number of aliphatic carboxylic acids is 1. The molecule has 1 amide bonds. The predicted molar refractivity (Wildman–Crippen MR) is 60.0 cm³/mol. The van der Waals surface area contributed by atoms with E-state index in [0.717, 1.165) is 5.56 Å². The minimum absolute atomic E-state index is 0.221. The number of amides is 1. The van der Waals surface area contributed by atoms with Crippen LogP contribution in [-0.4, -0.2) is 23.5 Å². The van der Waals surface area contributed by atoms with Gasteiger partial charge in [-0.1, -0.05) is 37.3 Å². The molecule has 0 aliphatic heterocycles. The molecule has 0 saturated carbocycles. The molecular formula is C12H15NO3. The van der Waals surface area contributed by atoms with E-state index in [-0.39, 0.29) is 18.4 Å². The van der Waals surface area contributed by atoms with Crippen molar-refractivity contribution in [3.8, 4) is 0 Å². The minimum Gasteiger partial charge on any atom is -0.480 e. The SMILES string of the molecule is C[C@@H](Cc1ccccc1)C(=O)NCC(=O)O. The molecule has 1 aromatic rings. The fraction of sp³-hybridized carbons (Fsp3) is 0.333. The molecule has 1 rings (SSSR count). The van der Waals surface area contributed by atoms with E-state index in [9.17, 15) is 9.59 Å². The highest BCUT2D eigenvalue weighted by atomic mass is 16.4. The van der Waals surface area contributed by atoms with Crippen molar-refractivity contribution in [2.24, 2.45) is 5.92 Å². The van der Waals surface area contributed by atoms with Crippen LogP contribution in [0.1, 0.15) is 12.5 Å². The Morgan fingerprint density at radius 1 is 1.31 bits per heavy atom. The molecule has 0 aromatic heterocycles. The van der Waals surface area contributed by atoms with Gasteiger partial charge in [0.05, 0.1) is 0 Å². The summed E-state index contributed by atoms with van der Waals surface area (Å²) >= 11 is 0. The van der Waals surface area contributed by atoms with Crippen molar-refractivity contribution in [1.82, 2.24) is 5.32 Å². The van der Waals surface area contributed by atoms with Crippen molar-refractivity contribution in [2.75, 3.05) is 6.54 Å². The molecule has 86 valence electrons. The van der Waals surface area contributed by atoms with Gasteiger partial charge in [-0.25, -0.2) is 0 Å². The van der Waals surface area contributed by atoms with Crippen LogP contribution in [0.5, 0.6) is 0 Å². The predicted octanol–water partition coefficient (Wildman–Crippen LogP) is 1.07. The Morgan fingerprint density at radius 3 is 2.50 bits per heavy atom. The highest BCUT2D eigenvalue weighted by molar-refractivity contribution is 5.82. The molecule has 1 aromatic carbocycles. The Hall–Kier alpha value is -1.84. The maximum atomic E-state index is 11.5. The van der Waals surface area contributed by atoms with Crippen LogP contribution >= 0.6 is 0 Å². The zero-order valence-electron chi connectivity index (χ0n) is 9.14. The van der Waals surface area contributed by atoms with E-state index in [2.05, 4.69) is 5.32 Å². The van der Waals surface area contributed by atoms with E-state index in [0.29, 0.717) is 6.42 Å². The van der Waals surface area contributed by atoms with E-state index in [1.807, 2.05) is 30.3 Å². The van der Waals surface area contributed by atoms with Gasteiger partial charge < -0.3 is 10.4 Å². The van der Waals surface area contributed by atoms with Gasteiger partial charge in [-0.3, -0.25) is 9.59 Å². The molecule has 0 unspecified atom stereocenters. The maximum absolute atomic E-state index is 11.5. The molecular weight excluding hydrogens is 206 g/mol. The van der Waals surface area contributed by atoms with Gasteiger partial charge in [0.1, 0.15) is 6.54 Å². The summed E-state index contributed by atoms with van der Waals surface area (Å²) in [6.07, 6.45) is 0.617. The minimum atomic E-state index is -1.03. The zero-order valence-corrected chi connectivity index (χ0v) is 9.14. The second-order valence-electron chi connectivity index (χ2n) is 3.70. The molecule has 0 saturated heterocycles. The zero-order chi connectivity index (χ0) is 12.0. The van der Waals surface area contributed by atoms with Crippen LogP contribution in [0.3, 0.4) is 0 Å². The summed E-state index contributed by atoms with van der Waals surface area (Å²) in [5.41, 5.74) is 1.07. The third-order valence-electron chi connectivity index (χ3n) is 2.25. The number of carboxylic acid groups (broad SMARTS) is 1. The van der Waals surface area contributed by atoms with Crippen LogP contribution in [-0.2, 0) is 16.0 Å². The van der Waals surface area contributed by atoms with Gasteiger partial charge in [0, 0.05) is 5.92 Å². The fourth-order valence-corrected chi connectivity index (χ4v) is 1.40. The average Bonchev–Trinajstić information content (AvgIpc) is 2.27. The summed E-state index contributed by atoms with van der Waals surface area (Å²) in [5.74, 6) is -1.48. The molecule has 0 radical (unpaired) electrons. The number of hydrogen-bond acceptors (Lipinski definition) is 2. The van der Waals surface area contributed by atoms with Crippen LogP contribution in [0.25, 0.3) is 0 Å². The summed E-state index contributed by atoms with van der Waals surface area (Å²) in [7, 11) is 0. The average molecular weight is 221 g/mol. The lowest BCUT2D eigenvalue weighted by Crippen LogP contribution is -2.34. The molecule has 0 heterocycles.